The van der Waals surface area contributed by atoms with Gasteiger partial charge in [0.25, 0.3) is 0 Å². The number of rotatable bonds is 3. The SMILES string of the molecule is CC(C)(C)OC(=O)C(c1ccc(Cl)cc1)N1CCNCC1. The number of hydrogen-bond donors (Lipinski definition) is 1. The smallest absolute Gasteiger partial charge is 0.328 e. The molecular formula is C16H23ClN2O2. The van der Waals surface area contributed by atoms with E-state index in [0.29, 0.717) is 5.02 Å². The molecule has 116 valence electrons. The van der Waals surface area contributed by atoms with Gasteiger partial charge >= 0.3 is 5.97 Å². The van der Waals surface area contributed by atoms with Gasteiger partial charge in [0.05, 0.1) is 0 Å². The monoisotopic (exact) mass is 310 g/mol. The van der Waals surface area contributed by atoms with Crippen LogP contribution >= 0.6 is 11.6 Å². The Labute approximate surface area is 131 Å². The van der Waals surface area contributed by atoms with Gasteiger partial charge in [-0.3, -0.25) is 4.90 Å². The summed E-state index contributed by atoms with van der Waals surface area (Å²) in [7, 11) is 0. The Kier molecular flexibility index (Phi) is 5.25. The third kappa shape index (κ3) is 4.70. The molecule has 1 N–H and O–H groups in total. The molecule has 0 aromatic heterocycles. The van der Waals surface area contributed by atoms with E-state index in [2.05, 4.69) is 10.2 Å². The largest absolute Gasteiger partial charge is 0.459 e. The van der Waals surface area contributed by atoms with E-state index in [1.165, 1.54) is 0 Å². The molecule has 1 aliphatic heterocycles. The summed E-state index contributed by atoms with van der Waals surface area (Å²) < 4.78 is 5.60. The molecule has 1 unspecified atom stereocenters. The van der Waals surface area contributed by atoms with Crippen LogP contribution in [0.15, 0.2) is 24.3 Å². The topological polar surface area (TPSA) is 41.6 Å². The van der Waals surface area contributed by atoms with E-state index < -0.39 is 5.60 Å². The fraction of sp³-hybridized carbons (Fsp3) is 0.562. The quantitative estimate of drug-likeness (QED) is 0.872. The van der Waals surface area contributed by atoms with E-state index >= 15 is 0 Å². The molecule has 1 saturated heterocycles. The van der Waals surface area contributed by atoms with Crippen molar-refractivity contribution in [1.29, 1.82) is 0 Å². The Balaban J connectivity index is 2.24. The van der Waals surface area contributed by atoms with Crippen molar-refractivity contribution in [3.63, 3.8) is 0 Å². The number of esters is 1. The fourth-order valence-electron chi connectivity index (χ4n) is 2.44. The number of ether oxygens (including phenoxy) is 1. The summed E-state index contributed by atoms with van der Waals surface area (Å²) >= 11 is 5.95. The number of nitrogens with zero attached hydrogens (tertiary/aromatic N) is 1. The molecule has 21 heavy (non-hydrogen) atoms. The summed E-state index contributed by atoms with van der Waals surface area (Å²) in [5.74, 6) is -0.202. The Morgan fingerprint density at radius 1 is 1.24 bits per heavy atom. The van der Waals surface area contributed by atoms with Crippen LogP contribution in [0.2, 0.25) is 5.02 Å². The number of carbonyl (C=O) groups excluding carboxylic acids is 1. The highest BCUT2D eigenvalue weighted by atomic mass is 35.5. The van der Waals surface area contributed by atoms with E-state index in [1.54, 1.807) is 0 Å². The van der Waals surface area contributed by atoms with Crippen LogP contribution < -0.4 is 5.32 Å². The predicted octanol–water partition coefficient (Wildman–Crippen LogP) is 2.63. The molecule has 1 heterocycles. The van der Waals surface area contributed by atoms with Crippen LogP contribution in [0.1, 0.15) is 32.4 Å². The van der Waals surface area contributed by atoms with Crippen LogP contribution in [0.3, 0.4) is 0 Å². The molecule has 5 heteroatoms. The Hall–Kier alpha value is -1.10. The zero-order valence-corrected chi connectivity index (χ0v) is 13.6. The van der Waals surface area contributed by atoms with Crippen molar-refractivity contribution in [3.8, 4) is 0 Å². The average molecular weight is 311 g/mol. The molecule has 0 saturated carbocycles. The van der Waals surface area contributed by atoms with E-state index in [-0.39, 0.29) is 12.0 Å². The Morgan fingerprint density at radius 3 is 2.33 bits per heavy atom. The summed E-state index contributed by atoms with van der Waals surface area (Å²) in [5.41, 5.74) is 0.436. The van der Waals surface area contributed by atoms with Crippen LogP contribution in [-0.2, 0) is 9.53 Å². The second-order valence-electron chi connectivity index (χ2n) is 6.27. The zero-order chi connectivity index (χ0) is 15.5. The van der Waals surface area contributed by atoms with Gasteiger partial charge in [-0.05, 0) is 38.5 Å². The van der Waals surface area contributed by atoms with Crippen molar-refractivity contribution in [3.05, 3.63) is 34.9 Å². The number of carbonyl (C=O) groups is 1. The summed E-state index contributed by atoms with van der Waals surface area (Å²) in [6.07, 6.45) is 0. The predicted molar refractivity (Wildman–Crippen MR) is 84.5 cm³/mol. The molecule has 1 atom stereocenters. The van der Waals surface area contributed by atoms with Gasteiger partial charge in [-0.2, -0.15) is 0 Å². The molecule has 1 aliphatic rings. The molecule has 1 aromatic rings. The lowest BCUT2D eigenvalue weighted by atomic mass is 10.0. The van der Waals surface area contributed by atoms with Crippen molar-refractivity contribution >= 4 is 17.6 Å². The fourth-order valence-corrected chi connectivity index (χ4v) is 2.56. The molecule has 2 rings (SSSR count). The lowest BCUT2D eigenvalue weighted by molar-refractivity contribution is -0.162. The van der Waals surface area contributed by atoms with Crippen molar-refractivity contribution in [2.75, 3.05) is 26.2 Å². The lowest BCUT2D eigenvalue weighted by Crippen LogP contribution is -2.48. The Morgan fingerprint density at radius 2 is 1.81 bits per heavy atom. The second kappa shape index (κ2) is 6.77. The van der Waals surface area contributed by atoms with Crippen LogP contribution in [0.25, 0.3) is 0 Å². The van der Waals surface area contributed by atoms with E-state index in [0.717, 1.165) is 31.7 Å². The molecular weight excluding hydrogens is 288 g/mol. The zero-order valence-electron chi connectivity index (χ0n) is 12.9. The molecule has 0 spiro atoms. The number of nitrogens with one attached hydrogen (secondary N) is 1. The summed E-state index contributed by atoms with van der Waals surface area (Å²) in [4.78, 5) is 14.8. The number of hydrogen-bond acceptors (Lipinski definition) is 4. The lowest BCUT2D eigenvalue weighted by Gasteiger charge is -2.35. The minimum absolute atomic E-state index is 0.202. The highest BCUT2D eigenvalue weighted by molar-refractivity contribution is 6.30. The van der Waals surface area contributed by atoms with E-state index in [9.17, 15) is 4.79 Å². The maximum absolute atomic E-state index is 12.6. The van der Waals surface area contributed by atoms with Gasteiger partial charge in [0.2, 0.25) is 0 Å². The normalized spacial score (nSPS) is 18.3. The molecule has 4 nitrogen and oxygen atoms in total. The molecule has 0 amide bonds. The number of benzene rings is 1. The van der Waals surface area contributed by atoms with E-state index in [4.69, 9.17) is 16.3 Å². The molecule has 1 fully saturated rings. The van der Waals surface area contributed by atoms with Crippen molar-refractivity contribution < 1.29 is 9.53 Å². The molecule has 0 aliphatic carbocycles. The first-order valence-electron chi connectivity index (χ1n) is 7.30. The summed E-state index contributed by atoms with van der Waals surface area (Å²) in [6.45, 7) is 9.09. The third-order valence-corrected chi connectivity index (χ3v) is 3.58. The van der Waals surface area contributed by atoms with Crippen LogP contribution in [-0.4, -0.2) is 42.6 Å². The van der Waals surface area contributed by atoms with Crippen molar-refractivity contribution in [2.24, 2.45) is 0 Å². The van der Waals surface area contributed by atoms with Crippen LogP contribution in [0.5, 0.6) is 0 Å². The standard InChI is InChI=1S/C16H23ClN2O2/c1-16(2,3)21-15(20)14(19-10-8-18-9-11-19)12-4-6-13(17)7-5-12/h4-7,14,18H,8-11H2,1-3H3. The highest BCUT2D eigenvalue weighted by Gasteiger charge is 2.32. The van der Waals surface area contributed by atoms with Gasteiger partial charge in [-0.1, -0.05) is 23.7 Å². The maximum Gasteiger partial charge on any atom is 0.328 e. The van der Waals surface area contributed by atoms with Crippen LogP contribution in [0.4, 0.5) is 0 Å². The number of piperazine rings is 1. The van der Waals surface area contributed by atoms with Gasteiger partial charge in [0.15, 0.2) is 0 Å². The average Bonchev–Trinajstić information content (AvgIpc) is 2.40. The van der Waals surface area contributed by atoms with Gasteiger partial charge in [-0.15, -0.1) is 0 Å². The van der Waals surface area contributed by atoms with Crippen molar-refractivity contribution in [2.45, 2.75) is 32.4 Å². The minimum Gasteiger partial charge on any atom is -0.459 e. The summed E-state index contributed by atoms with van der Waals surface area (Å²) in [6, 6.07) is 7.06. The van der Waals surface area contributed by atoms with Crippen LogP contribution in [0, 0.1) is 0 Å². The van der Waals surface area contributed by atoms with Gasteiger partial charge in [0.1, 0.15) is 11.6 Å². The second-order valence-corrected chi connectivity index (χ2v) is 6.71. The van der Waals surface area contributed by atoms with Gasteiger partial charge < -0.3 is 10.1 Å². The molecule has 0 radical (unpaired) electrons. The maximum atomic E-state index is 12.6. The van der Waals surface area contributed by atoms with E-state index in [1.807, 2.05) is 45.0 Å². The summed E-state index contributed by atoms with van der Waals surface area (Å²) in [5, 5.41) is 3.97. The first-order valence-corrected chi connectivity index (χ1v) is 7.68. The van der Waals surface area contributed by atoms with Gasteiger partial charge in [-0.25, -0.2) is 4.79 Å². The first-order chi connectivity index (χ1) is 9.87. The molecule has 0 bridgehead atoms. The molecule has 1 aromatic carbocycles. The Bertz CT molecular complexity index is 476. The highest BCUT2D eigenvalue weighted by Crippen LogP contribution is 2.26. The number of halogens is 1. The third-order valence-electron chi connectivity index (χ3n) is 3.33. The van der Waals surface area contributed by atoms with Gasteiger partial charge in [0, 0.05) is 31.2 Å². The minimum atomic E-state index is -0.490. The first kappa shape index (κ1) is 16.3. The van der Waals surface area contributed by atoms with Crippen molar-refractivity contribution in [1.82, 2.24) is 10.2 Å².